The van der Waals surface area contributed by atoms with Gasteiger partial charge in [-0.15, -0.1) is 0 Å². The van der Waals surface area contributed by atoms with Crippen molar-refractivity contribution in [2.24, 2.45) is 0 Å². The molecule has 0 aliphatic rings. The molecular weight excluding hydrogens is 308 g/mol. The molecule has 0 radical (unpaired) electrons. The largest absolute Gasteiger partial charge is 0.383 e. The molecule has 0 saturated carbocycles. The Kier molecular flexibility index (Phi) is 5.62. The molecule has 1 aromatic heterocycles. The van der Waals surface area contributed by atoms with Gasteiger partial charge in [0.2, 0.25) is 5.95 Å². The summed E-state index contributed by atoms with van der Waals surface area (Å²) in [6.07, 6.45) is 4.84. The number of nitrogens with two attached hydrogens (primary N) is 2. The van der Waals surface area contributed by atoms with Crippen molar-refractivity contribution in [3.05, 3.63) is 83.0 Å². The average molecular weight is 332 g/mol. The lowest BCUT2D eigenvalue weighted by Gasteiger charge is -2.12. The van der Waals surface area contributed by atoms with Gasteiger partial charge in [0.1, 0.15) is 5.82 Å². The fourth-order valence-corrected chi connectivity index (χ4v) is 3.05. The molecule has 1 heterocycles. The second-order valence-corrected chi connectivity index (χ2v) is 6.25. The first-order valence-corrected chi connectivity index (χ1v) is 8.71. The molecule has 0 aliphatic carbocycles. The SMILES string of the molecule is Nc1nc(N)c(CCCCc2ccccc2)c(Cc2ccccc2)n1. The Balaban J connectivity index is 1.67. The number of aryl methyl sites for hydroxylation is 1. The molecule has 0 spiro atoms. The minimum absolute atomic E-state index is 0.247. The Labute approximate surface area is 148 Å². The Morgan fingerprint density at radius 3 is 1.96 bits per heavy atom. The van der Waals surface area contributed by atoms with Crippen molar-refractivity contribution < 1.29 is 0 Å². The van der Waals surface area contributed by atoms with Gasteiger partial charge in [0.15, 0.2) is 0 Å². The van der Waals surface area contributed by atoms with Crippen LogP contribution in [0.2, 0.25) is 0 Å². The van der Waals surface area contributed by atoms with Gasteiger partial charge in [-0.25, -0.2) is 4.98 Å². The number of hydrogen-bond donors (Lipinski definition) is 2. The van der Waals surface area contributed by atoms with E-state index in [-0.39, 0.29) is 5.95 Å². The fourth-order valence-electron chi connectivity index (χ4n) is 3.05. The number of benzene rings is 2. The molecule has 4 heteroatoms. The molecule has 4 N–H and O–H groups in total. The molecule has 0 saturated heterocycles. The molecule has 2 aromatic carbocycles. The van der Waals surface area contributed by atoms with Crippen LogP contribution >= 0.6 is 0 Å². The zero-order valence-electron chi connectivity index (χ0n) is 14.4. The minimum atomic E-state index is 0.247. The number of nitrogen functional groups attached to an aromatic ring is 2. The Morgan fingerprint density at radius 1 is 0.680 bits per heavy atom. The van der Waals surface area contributed by atoms with E-state index in [0.717, 1.165) is 43.4 Å². The molecule has 3 rings (SSSR count). The summed E-state index contributed by atoms with van der Waals surface area (Å²) in [5.74, 6) is 0.759. The van der Waals surface area contributed by atoms with Gasteiger partial charge in [0, 0.05) is 12.0 Å². The molecule has 0 aliphatic heterocycles. The van der Waals surface area contributed by atoms with Crippen molar-refractivity contribution in [3.63, 3.8) is 0 Å². The van der Waals surface area contributed by atoms with Crippen molar-refractivity contribution in [1.82, 2.24) is 9.97 Å². The van der Waals surface area contributed by atoms with Gasteiger partial charge in [-0.05, 0) is 36.8 Å². The lowest BCUT2D eigenvalue weighted by atomic mass is 10.00. The lowest BCUT2D eigenvalue weighted by molar-refractivity contribution is 0.726. The highest BCUT2D eigenvalue weighted by Gasteiger charge is 2.12. The monoisotopic (exact) mass is 332 g/mol. The minimum Gasteiger partial charge on any atom is -0.383 e. The Bertz CT molecular complexity index is 801. The second-order valence-electron chi connectivity index (χ2n) is 6.25. The summed E-state index contributed by atoms with van der Waals surface area (Å²) in [5.41, 5.74) is 16.5. The van der Waals surface area contributed by atoms with Gasteiger partial charge in [0.25, 0.3) is 0 Å². The molecule has 0 unspecified atom stereocenters. The first-order chi connectivity index (χ1) is 12.2. The van der Waals surface area contributed by atoms with Gasteiger partial charge in [0.05, 0.1) is 5.69 Å². The van der Waals surface area contributed by atoms with E-state index < -0.39 is 0 Å². The van der Waals surface area contributed by atoms with Crippen molar-refractivity contribution >= 4 is 11.8 Å². The average Bonchev–Trinajstić information content (AvgIpc) is 2.62. The molecule has 4 nitrogen and oxygen atoms in total. The zero-order valence-corrected chi connectivity index (χ0v) is 14.4. The van der Waals surface area contributed by atoms with Crippen LogP contribution < -0.4 is 11.5 Å². The number of aromatic nitrogens is 2. The van der Waals surface area contributed by atoms with E-state index in [2.05, 4.69) is 46.4 Å². The maximum atomic E-state index is 6.14. The second kappa shape index (κ2) is 8.29. The van der Waals surface area contributed by atoms with E-state index in [1.165, 1.54) is 11.1 Å². The summed E-state index contributed by atoms with van der Waals surface area (Å²) in [6, 6.07) is 20.8. The van der Waals surface area contributed by atoms with E-state index in [1.807, 2.05) is 24.3 Å². The summed E-state index contributed by atoms with van der Waals surface area (Å²) in [4.78, 5) is 8.61. The van der Waals surface area contributed by atoms with E-state index in [1.54, 1.807) is 0 Å². The van der Waals surface area contributed by atoms with Crippen LogP contribution in [0.25, 0.3) is 0 Å². The van der Waals surface area contributed by atoms with Gasteiger partial charge < -0.3 is 11.5 Å². The van der Waals surface area contributed by atoms with Gasteiger partial charge in [-0.2, -0.15) is 4.98 Å². The number of anilines is 2. The van der Waals surface area contributed by atoms with Gasteiger partial charge in [-0.1, -0.05) is 60.7 Å². The number of unbranched alkanes of at least 4 members (excludes halogenated alkanes) is 1. The highest BCUT2D eigenvalue weighted by molar-refractivity contribution is 5.47. The van der Waals surface area contributed by atoms with Crippen LogP contribution in [0.3, 0.4) is 0 Å². The van der Waals surface area contributed by atoms with Crippen LogP contribution in [0.1, 0.15) is 35.2 Å². The third kappa shape index (κ3) is 4.80. The molecule has 0 amide bonds. The summed E-state index contributed by atoms with van der Waals surface area (Å²) < 4.78 is 0. The van der Waals surface area contributed by atoms with Crippen LogP contribution in [0.15, 0.2) is 60.7 Å². The lowest BCUT2D eigenvalue weighted by Crippen LogP contribution is -2.10. The van der Waals surface area contributed by atoms with Crippen molar-refractivity contribution in [2.75, 3.05) is 11.5 Å². The highest BCUT2D eigenvalue weighted by atomic mass is 15.0. The molecule has 0 fully saturated rings. The van der Waals surface area contributed by atoms with E-state index in [0.29, 0.717) is 5.82 Å². The van der Waals surface area contributed by atoms with Crippen LogP contribution in [0.4, 0.5) is 11.8 Å². The highest BCUT2D eigenvalue weighted by Crippen LogP contribution is 2.21. The molecule has 0 bridgehead atoms. The van der Waals surface area contributed by atoms with E-state index >= 15 is 0 Å². The van der Waals surface area contributed by atoms with Gasteiger partial charge >= 0.3 is 0 Å². The maximum Gasteiger partial charge on any atom is 0.222 e. The first-order valence-electron chi connectivity index (χ1n) is 8.71. The maximum absolute atomic E-state index is 6.14. The number of hydrogen-bond acceptors (Lipinski definition) is 4. The third-order valence-corrected chi connectivity index (χ3v) is 4.34. The predicted molar refractivity (Wildman–Crippen MR) is 103 cm³/mol. The Hall–Kier alpha value is -2.88. The third-order valence-electron chi connectivity index (χ3n) is 4.34. The number of rotatable bonds is 7. The van der Waals surface area contributed by atoms with E-state index in [4.69, 9.17) is 11.5 Å². The van der Waals surface area contributed by atoms with Crippen molar-refractivity contribution in [2.45, 2.75) is 32.1 Å². The van der Waals surface area contributed by atoms with Crippen molar-refractivity contribution in [3.8, 4) is 0 Å². The predicted octanol–water partition coefficient (Wildman–Crippen LogP) is 3.80. The van der Waals surface area contributed by atoms with Crippen LogP contribution in [-0.4, -0.2) is 9.97 Å². The number of nitrogens with zero attached hydrogens (tertiary/aromatic N) is 2. The quantitative estimate of drug-likeness (QED) is 0.645. The normalized spacial score (nSPS) is 10.7. The molecule has 3 aromatic rings. The topological polar surface area (TPSA) is 77.8 Å². The summed E-state index contributed by atoms with van der Waals surface area (Å²) in [5, 5.41) is 0. The molecule has 0 atom stereocenters. The Morgan fingerprint density at radius 2 is 1.28 bits per heavy atom. The molecule has 25 heavy (non-hydrogen) atoms. The van der Waals surface area contributed by atoms with E-state index in [9.17, 15) is 0 Å². The summed E-state index contributed by atoms with van der Waals surface area (Å²) in [7, 11) is 0. The summed E-state index contributed by atoms with van der Waals surface area (Å²) >= 11 is 0. The van der Waals surface area contributed by atoms with Crippen LogP contribution in [0.5, 0.6) is 0 Å². The smallest absolute Gasteiger partial charge is 0.222 e. The molecule has 128 valence electrons. The van der Waals surface area contributed by atoms with Crippen molar-refractivity contribution in [1.29, 1.82) is 0 Å². The summed E-state index contributed by atoms with van der Waals surface area (Å²) in [6.45, 7) is 0. The van der Waals surface area contributed by atoms with Gasteiger partial charge in [-0.3, -0.25) is 0 Å². The fraction of sp³-hybridized carbons (Fsp3) is 0.238. The molecular formula is C21H24N4. The van der Waals surface area contributed by atoms with Crippen LogP contribution in [0, 0.1) is 0 Å². The first kappa shape index (κ1) is 17.0. The van der Waals surface area contributed by atoms with Crippen LogP contribution in [-0.2, 0) is 19.3 Å². The zero-order chi connectivity index (χ0) is 17.5. The standard InChI is InChI=1S/C21H24N4/c22-20-18(14-8-7-11-16-9-3-1-4-10-16)19(24-21(23)25-20)15-17-12-5-2-6-13-17/h1-6,9-10,12-13H,7-8,11,14-15H2,(H4,22,23,24,25).